The molecule has 0 spiro atoms. The van der Waals surface area contributed by atoms with Crippen LogP contribution in [0, 0.1) is 0 Å². The number of hydrogen-bond donors (Lipinski definition) is 1. The van der Waals surface area contributed by atoms with Gasteiger partial charge in [0, 0.05) is 5.56 Å². The van der Waals surface area contributed by atoms with Crippen LogP contribution in [0.25, 0.3) is 5.65 Å². The molecule has 2 aromatic rings. The summed E-state index contributed by atoms with van der Waals surface area (Å²) in [5.41, 5.74) is 7.40. The Morgan fingerprint density at radius 2 is 2.17 bits per heavy atom. The van der Waals surface area contributed by atoms with E-state index >= 15 is 0 Å². The number of hydrogen-bond acceptors (Lipinski definition) is 5. The van der Waals surface area contributed by atoms with Gasteiger partial charge in [-0.15, -0.1) is 0 Å². The summed E-state index contributed by atoms with van der Waals surface area (Å²) in [6, 6.07) is 0. The first-order valence-electron chi connectivity index (χ1n) is 5.88. The maximum absolute atomic E-state index is 12.1. The number of nitrogens with zero attached hydrogens (tertiary/aromatic N) is 3. The number of nitrogen functional groups attached to an aromatic ring is 1. The second kappa shape index (κ2) is 3.94. The largest absolute Gasteiger partial charge is 0.396 e. The highest BCUT2D eigenvalue weighted by Gasteiger charge is 2.32. The van der Waals surface area contributed by atoms with Gasteiger partial charge in [0.1, 0.15) is 0 Å². The molecule has 0 bridgehead atoms. The van der Waals surface area contributed by atoms with Crippen molar-refractivity contribution in [1.82, 2.24) is 14.6 Å². The van der Waals surface area contributed by atoms with E-state index in [-0.39, 0.29) is 5.75 Å². The molecule has 0 aromatic carbocycles. The van der Waals surface area contributed by atoms with Crippen molar-refractivity contribution in [3.8, 4) is 0 Å². The molecule has 7 heteroatoms. The predicted octanol–water partition coefficient (Wildman–Crippen LogP) is 0.951. The van der Waals surface area contributed by atoms with Crippen LogP contribution in [0.4, 0.5) is 5.69 Å². The molecule has 1 fully saturated rings. The average Bonchev–Trinajstić information content (AvgIpc) is 2.71. The average molecular weight is 266 g/mol. The van der Waals surface area contributed by atoms with E-state index in [9.17, 15) is 8.42 Å². The molecule has 18 heavy (non-hydrogen) atoms. The van der Waals surface area contributed by atoms with Crippen molar-refractivity contribution in [2.75, 3.05) is 11.5 Å². The second-order valence-corrected chi connectivity index (χ2v) is 6.91. The molecule has 2 aromatic heterocycles. The van der Waals surface area contributed by atoms with Gasteiger partial charge in [0.15, 0.2) is 15.5 Å². The molecule has 1 atom stereocenters. The molecule has 3 rings (SSSR count). The van der Waals surface area contributed by atoms with Crippen molar-refractivity contribution in [3.63, 3.8) is 0 Å². The summed E-state index contributed by atoms with van der Waals surface area (Å²) < 4.78 is 25.7. The van der Waals surface area contributed by atoms with Crippen LogP contribution in [0.1, 0.15) is 30.1 Å². The molecule has 1 aliphatic heterocycles. The third kappa shape index (κ3) is 1.74. The first kappa shape index (κ1) is 11.5. The predicted molar refractivity (Wildman–Crippen MR) is 67.8 cm³/mol. The molecule has 0 aliphatic carbocycles. The Hall–Kier alpha value is -1.63. The quantitative estimate of drug-likeness (QED) is 0.830. The molecule has 1 saturated heterocycles. The van der Waals surface area contributed by atoms with Crippen LogP contribution in [0.5, 0.6) is 0 Å². The molecule has 2 N–H and O–H groups in total. The number of anilines is 1. The third-order valence-electron chi connectivity index (χ3n) is 3.33. The van der Waals surface area contributed by atoms with Gasteiger partial charge in [-0.3, -0.25) is 0 Å². The van der Waals surface area contributed by atoms with Crippen molar-refractivity contribution < 1.29 is 8.42 Å². The minimum Gasteiger partial charge on any atom is -0.396 e. The summed E-state index contributed by atoms with van der Waals surface area (Å²) >= 11 is 0. The Morgan fingerprint density at radius 3 is 2.94 bits per heavy atom. The topological polar surface area (TPSA) is 90.3 Å². The van der Waals surface area contributed by atoms with Crippen LogP contribution in [0.2, 0.25) is 0 Å². The molecule has 0 saturated carbocycles. The first-order chi connectivity index (χ1) is 8.58. The van der Waals surface area contributed by atoms with Gasteiger partial charge < -0.3 is 5.73 Å². The Kier molecular flexibility index (Phi) is 2.51. The lowest BCUT2D eigenvalue weighted by atomic mass is 10.1. The zero-order valence-corrected chi connectivity index (χ0v) is 10.6. The summed E-state index contributed by atoms with van der Waals surface area (Å²) in [4.78, 5) is 4.19. The zero-order valence-electron chi connectivity index (χ0n) is 9.78. The van der Waals surface area contributed by atoms with Crippen LogP contribution in [-0.2, 0) is 9.84 Å². The Morgan fingerprint density at radius 1 is 1.33 bits per heavy atom. The van der Waals surface area contributed by atoms with Crippen LogP contribution in [0.3, 0.4) is 0 Å². The number of sulfone groups is 1. The van der Waals surface area contributed by atoms with Crippen molar-refractivity contribution >= 4 is 21.2 Å². The Bertz CT molecular complexity index is 692. The molecule has 6 nitrogen and oxygen atoms in total. The molecule has 1 aliphatic rings. The summed E-state index contributed by atoms with van der Waals surface area (Å²) in [6.07, 6.45) is 7.08. The zero-order chi connectivity index (χ0) is 12.8. The van der Waals surface area contributed by atoms with Crippen LogP contribution in [-0.4, -0.2) is 28.8 Å². The van der Waals surface area contributed by atoms with Gasteiger partial charge in [-0.25, -0.2) is 17.9 Å². The van der Waals surface area contributed by atoms with Crippen LogP contribution in [0.15, 0.2) is 18.6 Å². The van der Waals surface area contributed by atoms with Gasteiger partial charge >= 0.3 is 0 Å². The van der Waals surface area contributed by atoms with Gasteiger partial charge in [0.05, 0.1) is 35.3 Å². The number of aromatic nitrogens is 3. The number of nitrogens with two attached hydrogens (primary N) is 1. The van der Waals surface area contributed by atoms with Gasteiger partial charge in [-0.05, 0) is 12.8 Å². The lowest BCUT2D eigenvalue weighted by Crippen LogP contribution is -2.21. The van der Waals surface area contributed by atoms with Crippen LogP contribution < -0.4 is 5.73 Å². The maximum Gasteiger partial charge on any atom is 0.159 e. The highest BCUT2D eigenvalue weighted by molar-refractivity contribution is 7.91. The number of rotatable bonds is 1. The second-order valence-electron chi connectivity index (χ2n) is 4.61. The van der Waals surface area contributed by atoms with Gasteiger partial charge in [0.2, 0.25) is 0 Å². The Labute approximate surface area is 105 Å². The summed E-state index contributed by atoms with van der Waals surface area (Å²) in [5.74, 6) is 0.254. The van der Waals surface area contributed by atoms with Gasteiger partial charge in [-0.2, -0.15) is 5.10 Å². The minimum atomic E-state index is -3.07. The lowest BCUT2D eigenvalue weighted by molar-refractivity contribution is 0.546. The molecule has 0 radical (unpaired) electrons. The van der Waals surface area contributed by atoms with E-state index in [1.807, 2.05) is 0 Å². The van der Waals surface area contributed by atoms with Crippen molar-refractivity contribution in [2.45, 2.75) is 24.5 Å². The standard InChI is InChI=1S/C11H14N4O2S/c12-8-5-13-11-9(6-14-15(11)7-8)10-3-1-2-4-18(10,16)17/h5-7,10H,1-4,12H2. The van der Waals surface area contributed by atoms with E-state index < -0.39 is 15.1 Å². The normalized spacial score (nSPS) is 23.2. The summed E-state index contributed by atoms with van der Waals surface area (Å²) in [6.45, 7) is 0. The fourth-order valence-electron chi connectivity index (χ4n) is 2.44. The minimum absolute atomic E-state index is 0.254. The smallest absolute Gasteiger partial charge is 0.159 e. The Balaban J connectivity index is 2.14. The fourth-order valence-corrected chi connectivity index (χ4v) is 4.41. The van der Waals surface area contributed by atoms with E-state index in [4.69, 9.17) is 5.73 Å². The van der Waals surface area contributed by atoms with Gasteiger partial charge in [-0.1, -0.05) is 6.42 Å². The highest BCUT2D eigenvalue weighted by atomic mass is 32.2. The van der Waals surface area contributed by atoms with Crippen molar-refractivity contribution in [3.05, 3.63) is 24.2 Å². The van der Waals surface area contributed by atoms with E-state index in [2.05, 4.69) is 10.1 Å². The highest BCUT2D eigenvalue weighted by Crippen LogP contribution is 2.34. The van der Waals surface area contributed by atoms with Crippen LogP contribution >= 0.6 is 0 Å². The first-order valence-corrected chi connectivity index (χ1v) is 7.60. The maximum atomic E-state index is 12.1. The van der Waals surface area contributed by atoms with Crippen molar-refractivity contribution in [1.29, 1.82) is 0 Å². The number of fused-ring (bicyclic) bond motifs is 1. The molecule has 1 unspecified atom stereocenters. The monoisotopic (exact) mass is 266 g/mol. The molecule has 96 valence electrons. The molecule has 3 heterocycles. The van der Waals surface area contributed by atoms with Crippen molar-refractivity contribution in [2.24, 2.45) is 0 Å². The van der Waals surface area contributed by atoms with E-state index in [0.717, 1.165) is 12.8 Å². The van der Waals surface area contributed by atoms with E-state index in [0.29, 0.717) is 23.3 Å². The van der Waals surface area contributed by atoms with E-state index in [1.165, 1.54) is 10.7 Å². The third-order valence-corrected chi connectivity index (χ3v) is 5.54. The van der Waals surface area contributed by atoms with Gasteiger partial charge in [0.25, 0.3) is 0 Å². The molecular weight excluding hydrogens is 252 g/mol. The lowest BCUT2D eigenvalue weighted by Gasteiger charge is -2.21. The summed E-state index contributed by atoms with van der Waals surface area (Å²) in [5, 5.41) is 3.66. The summed E-state index contributed by atoms with van der Waals surface area (Å²) in [7, 11) is -3.07. The SMILES string of the molecule is Nc1cnc2c(C3CCCCS3(=O)=O)cnn2c1. The van der Waals surface area contributed by atoms with E-state index in [1.54, 1.807) is 12.4 Å². The molecular formula is C11H14N4O2S. The fraction of sp³-hybridized carbons (Fsp3) is 0.455. The molecule has 0 amide bonds.